The number of benzene rings is 1. The van der Waals surface area contributed by atoms with Crippen LogP contribution in [0.1, 0.15) is 43.7 Å². The molecule has 18 heavy (non-hydrogen) atoms. The van der Waals surface area contributed by atoms with Crippen LogP contribution in [-0.4, -0.2) is 17.8 Å². The van der Waals surface area contributed by atoms with Crippen molar-refractivity contribution in [3.8, 4) is 0 Å². The molecule has 1 aliphatic carbocycles. The number of rotatable bonds is 5. The Kier molecular flexibility index (Phi) is 5.21. The van der Waals surface area contributed by atoms with Crippen LogP contribution in [0.4, 0.5) is 0 Å². The molecule has 100 valence electrons. The number of aliphatic hydroxyl groups is 1. The summed E-state index contributed by atoms with van der Waals surface area (Å²) >= 11 is 0. The van der Waals surface area contributed by atoms with E-state index in [-0.39, 0.29) is 0 Å². The van der Waals surface area contributed by atoms with E-state index in [9.17, 15) is 5.11 Å². The first-order valence-electron chi connectivity index (χ1n) is 7.26. The Morgan fingerprint density at radius 2 is 1.89 bits per heavy atom. The van der Waals surface area contributed by atoms with Crippen molar-refractivity contribution < 1.29 is 5.11 Å². The lowest BCUT2D eigenvalue weighted by atomic mass is 9.85. The molecule has 2 heteroatoms. The summed E-state index contributed by atoms with van der Waals surface area (Å²) in [5, 5.41) is 13.1. The van der Waals surface area contributed by atoms with Crippen LogP contribution in [0.5, 0.6) is 0 Å². The molecule has 1 saturated carbocycles. The van der Waals surface area contributed by atoms with E-state index >= 15 is 0 Å². The number of aryl methyl sites for hydroxylation is 1. The van der Waals surface area contributed by atoms with E-state index in [1.165, 1.54) is 36.8 Å². The molecule has 0 amide bonds. The fraction of sp³-hybridized carbons (Fsp3) is 0.625. The molecule has 1 fully saturated rings. The molecule has 2 nitrogen and oxygen atoms in total. The van der Waals surface area contributed by atoms with Gasteiger partial charge in [0.1, 0.15) is 0 Å². The maximum Gasteiger partial charge on any atom is 0.0474 e. The van der Waals surface area contributed by atoms with E-state index in [2.05, 4.69) is 36.5 Å². The smallest absolute Gasteiger partial charge is 0.0474 e. The molecular formula is C16H25NO. The van der Waals surface area contributed by atoms with Gasteiger partial charge in [-0.05, 0) is 36.3 Å². The second kappa shape index (κ2) is 6.91. The molecule has 1 aromatic rings. The summed E-state index contributed by atoms with van der Waals surface area (Å²) in [5.74, 6) is 0.451. The summed E-state index contributed by atoms with van der Waals surface area (Å²) in [6, 6.07) is 9.14. The molecule has 0 spiro atoms. The second-order valence-corrected chi connectivity index (χ2v) is 5.34. The van der Waals surface area contributed by atoms with Crippen LogP contribution in [-0.2, 0) is 13.0 Å². The Hall–Kier alpha value is -0.860. The van der Waals surface area contributed by atoms with E-state index in [1.807, 2.05) is 0 Å². The van der Waals surface area contributed by atoms with Gasteiger partial charge >= 0.3 is 0 Å². The van der Waals surface area contributed by atoms with Gasteiger partial charge in [-0.15, -0.1) is 0 Å². The summed E-state index contributed by atoms with van der Waals surface area (Å²) in [7, 11) is 0. The maximum atomic E-state index is 9.42. The molecule has 0 saturated heterocycles. The van der Waals surface area contributed by atoms with Crippen LogP contribution >= 0.6 is 0 Å². The average Bonchev–Trinajstić information content (AvgIpc) is 2.45. The van der Waals surface area contributed by atoms with Crippen molar-refractivity contribution in [2.24, 2.45) is 5.92 Å². The monoisotopic (exact) mass is 247 g/mol. The zero-order chi connectivity index (χ0) is 12.8. The van der Waals surface area contributed by atoms with Gasteiger partial charge < -0.3 is 10.4 Å². The second-order valence-electron chi connectivity index (χ2n) is 5.34. The predicted octanol–water partition coefficient (Wildman–Crippen LogP) is 2.89. The fourth-order valence-electron chi connectivity index (χ4n) is 3.01. The van der Waals surface area contributed by atoms with Crippen molar-refractivity contribution in [1.29, 1.82) is 0 Å². The molecule has 0 radical (unpaired) electrons. The Morgan fingerprint density at radius 1 is 1.17 bits per heavy atom. The van der Waals surface area contributed by atoms with E-state index in [1.54, 1.807) is 0 Å². The Balaban J connectivity index is 1.93. The molecule has 2 N–H and O–H groups in total. The minimum atomic E-state index is 0.326. The first-order chi connectivity index (χ1) is 8.85. The Bertz CT molecular complexity index is 364. The highest BCUT2D eigenvalue weighted by molar-refractivity contribution is 5.26. The Labute approximate surface area is 110 Å². The minimum absolute atomic E-state index is 0.326. The summed E-state index contributed by atoms with van der Waals surface area (Å²) in [6.07, 6.45) is 6.04. The summed E-state index contributed by atoms with van der Waals surface area (Å²) in [5.41, 5.74) is 2.84. The van der Waals surface area contributed by atoms with Crippen LogP contribution in [0.15, 0.2) is 24.3 Å². The largest absolute Gasteiger partial charge is 0.396 e. The molecule has 2 rings (SSSR count). The van der Waals surface area contributed by atoms with Gasteiger partial charge in [-0.3, -0.25) is 0 Å². The van der Waals surface area contributed by atoms with Crippen molar-refractivity contribution >= 4 is 0 Å². The van der Waals surface area contributed by atoms with Crippen molar-refractivity contribution in [3.63, 3.8) is 0 Å². The fourth-order valence-corrected chi connectivity index (χ4v) is 3.01. The zero-order valence-electron chi connectivity index (χ0n) is 11.4. The van der Waals surface area contributed by atoms with Crippen molar-refractivity contribution in [3.05, 3.63) is 35.4 Å². The number of hydrogen-bond acceptors (Lipinski definition) is 2. The van der Waals surface area contributed by atoms with Crippen molar-refractivity contribution in [2.45, 2.75) is 51.6 Å². The third-order valence-electron chi connectivity index (χ3n) is 4.20. The SMILES string of the molecule is CCc1ccccc1CNC1CCCCC1CO. The van der Waals surface area contributed by atoms with Crippen LogP contribution < -0.4 is 5.32 Å². The van der Waals surface area contributed by atoms with Gasteiger partial charge in [0.2, 0.25) is 0 Å². The van der Waals surface area contributed by atoms with E-state index in [0.717, 1.165) is 13.0 Å². The molecule has 1 aliphatic rings. The number of aliphatic hydroxyl groups excluding tert-OH is 1. The lowest BCUT2D eigenvalue weighted by Gasteiger charge is -2.31. The van der Waals surface area contributed by atoms with Gasteiger partial charge in [-0.1, -0.05) is 44.0 Å². The maximum absolute atomic E-state index is 9.42. The van der Waals surface area contributed by atoms with Crippen LogP contribution in [0, 0.1) is 5.92 Å². The highest BCUT2D eigenvalue weighted by Gasteiger charge is 2.23. The van der Waals surface area contributed by atoms with Gasteiger partial charge in [0.15, 0.2) is 0 Å². The van der Waals surface area contributed by atoms with E-state index in [0.29, 0.717) is 18.6 Å². The normalized spacial score (nSPS) is 24.1. The van der Waals surface area contributed by atoms with Crippen molar-refractivity contribution in [1.82, 2.24) is 5.32 Å². The van der Waals surface area contributed by atoms with Gasteiger partial charge in [0, 0.05) is 19.2 Å². The topological polar surface area (TPSA) is 32.3 Å². The molecule has 0 aliphatic heterocycles. The predicted molar refractivity (Wildman–Crippen MR) is 75.5 cm³/mol. The first kappa shape index (κ1) is 13.6. The summed E-state index contributed by atoms with van der Waals surface area (Å²) in [4.78, 5) is 0. The minimum Gasteiger partial charge on any atom is -0.396 e. The van der Waals surface area contributed by atoms with Crippen LogP contribution in [0.2, 0.25) is 0 Å². The lowest BCUT2D eigenvalue weighted by Crippen LogP contribution is -2.39. The highest BCUT2D eigenvalue weighted by Crippen LogP contribution is 2.24. The highest BCUT2D eigenvalue weighted by atomic mass is 16.3. The van der Waals surface area contributed by atoms with Gasteiger partial charge in [0.05, 0.1) is 0 Å². The average molecular weight is 247 g/mol. The molecule has 2 atom stereocenters. The van der Waals surface area contributed by atoms with Crippen LogP contribution in [0.3, 0.4) is 0 Å². The van der Waals surface area contributed by atoms with Crippen molar-refractivity contribution in [2.75, 3.05) is 6.61 Å². The molecule has 0 aromatic heterocycles. The van der Waals surface area contributed by atoms with Gasteiger partial charge in [0.25, 0.3) is 0 Å². The van der Waals surface area contributed by atoms with Gasteiger partial charge in [-0.25, -0.2) is 0 Å². The van der Waals surface area contributed by atoms with E-state index in [4.69, 9.17) is 0 Å². The number of nitrogens with one attached hydrogen (secondary N) is 1. The third-order valence-corrected chi connectivity index (χ3v) is 4.20. The molecule has 1 aromatic carbocycles. The summed E-state index contributed by atoms with van der Waals surface area (Å²) < 4.78 is 0. The standard InChI is InChI=1S/C16H25NO/c1-2-13-7-3-4-8-14(13)11-17-16-10-6-5-9-15(16)12-18/h3-4,7-8,15-18H,2,5-6,9-12H2,1H3. The molecular weight excluding hydrogens is 222 g/mol. The molecule has 2 unspecified atom stereocenters. The quantitative estimate of drug-likeness (QED) is 0.838. The first-order valence-corrected chi connectivity index (χ1v) is 7.26. The third kappa shape index (κ3) is 3.33. The zero-order valence-corrected chi connectivity index (χ0v) is 11.4. The lowest BCUT2D eigenvalue weighted by molar-refractivity contribution is 0.152. The number of hydrogen-bond donors (Lipinski definition) is 2. The van der Waals surface area contributed by atoms with Crippen LogP contribution in [0.25, 0.3) is 0 Å². The van der Waals surface area contributed by atoms with Gasteiger partial charge in [-0.2, -0.15) is 0 Å². The molecule has 0 bridgehead atoms. The summed E-state index contributed by atoms with van der Waals surface area (Å²) in [6.45, 7) is 3.47. The Morgan fingerprint density at radius 3 is 2.61 bits per heavy atom. The van der Waals surface area contributed by atoms with E-state index < -0.39 is 0 Å². The molecule has 0 heterocycles.